The van der Waals surface area contributed by atoms with Crippen LogP contribution in [-0.4, -0.2) is 38.4 Å². The molecule has 0 aliphatic carbocycles. The summed E-state index contributed by atoms with van der Waals surface area (Å²) in [6.07, 6.45) is -0.470. The number of aliphatic carboxylic acids is 1. The molecule has 1 aromatic heterocycles. The van der Waals surface area contributed by atoms with Crippen molar-refractivity contribution in [1.29, 1.82) is 0 Å². The molecule has 0 aliphatic heterocycles. The fraction of sp³-hybridized carbons (Fsp3) is 0.389. The number of rotatable bonds is 9. The molecule has 2 rings (SSSR count). The van der Waals surface area contributed by atoms with Crippen LogP contribution < -0.4 is 24.6 Å². The Kier molecular flexibility index (Phi) is 6.64. The van der Waals surface area contributed by atoms with E-state index in [-0.39, 0.29) is 18.7 Å². The summed E-state index contributed by atoms with van der Waals surface area (Å²) in [6.45, 7) is 1.69. The van der Waals surface area contributed by atoms with Gasteiger partial charge in [-0.2, -0.15) is 0 Å². The Bertz CT molecular complexity index is 791. The normalized spacial score (nSPS) is 11.6. The number of nitrogens with one attached hydrogen (secondary N) is 1. The van der Waals surface area contributed by atoms with Gasteiger partial charge in [-0.25, -0.2) is 0 Å². The molecule has 0 saturated heterocycles. The van der Waals surface area contributed by atoms with Crippen molar-refractivity contribution in [3.8, 4) is 17.2 Å². The van der Waals surface area contributed by atoms with Crippen LogP contribution in [0.1, 0.15) is 30.1 Å². The fourth-order valence-electron chi connectivity index (χ4n) is 2.69. The lowest BCUT2D eigenvalue weighted by molar-refractivity contribution is -0.306. The van der Waals surface area contributed by atoms with Crippen molar-refractivity contribution >= 4 is 17.7 Å². The molecule has 0 unspecified atom stereocenters. The van der Waals surface area contributed by atoms with E-state index < -0.39 is 17.8 Å². The first-order valence-corrected chi connectivity index (χ1v) is 8.10. The number of carboxylic acid groups (broad SMARTS) is 1. The van der Waals surface area contributed by atoms with Crippen LogP contribution in [0.25, 0.3) is 0 Å². The van der Waals surface area contributed by atoms with Crippen molar-refractivity contribution in [1.82, 2.24) is 5.16 Å². The molecule has 9 nitrogen and oxygen atoms in total. The second kappa shape index (κ2) is 8.93. The molecule has 1 heterocycles. The minimum atomic E-state index is -1.28. The quantitative estimate of drug-likeness (QED) is 0.693. The average molecular weight is 377 g/mol. The van der Waals surface area contributed by atoms with E-state index in [1.807, 2.05) is 0 Å². The van der Waals surface area contributed by atoms with Gasteiger partial charge in [0.05, 0.1) is 21.3 Å². The Balaban J connectivity index is 2.29. The molecule has 0 saturated carbocycles. The predicted molar refractivity (Wildman–Crippen MR) is 92.9 cm³/mol. The maximum Gasteiger partial charge on any atom is 0.226 e. The number of benzene rings is 1. The van der Waals surface area contributed by atoms with Crippen molar-refractivity contribution in [2.24, 2.45) is 0 Å². The van der Waals surface area contributed by atoms with E-state index in [9.17, 15) is 14.7 Å². The molecule has 0 aliphatic rings. The van der Waals surface area contributed by atoms with Crippen LogP contribution in [0.5, 0.6) is 17.2 Å². The highest BCUT2D eigenvalue weighted by molar-refractivity contribution is 5.90. The standard InChI is InChI=1S/C18H22N2O7/c1-10-5-15(20-27-10)19-16(21)8-12(9-17(22)23)11-6-13(24-2)18(26-4)14(7-11)25-3/h5-7,12H,8-9H2,1-4H3,(H,22,23)(H,19,20,21)/p-1/t12-/m0/s1. The number of hydrogen-bond donors (Lipinski definition) is 1. The number of anilines is 1. The van der Waals surface area contributed by atoms with Gasteiger partial charge in [-0.1, -0.05) is 5.16 Å². The van der Waals surface area contributed by atoms with Crippen LogP contribution in [-0.2, 0) is 9.59 Å². The predicted octanol–water partition coefficient (Wildman–Crippen LogP) is 1.26. The van der Waals surface area contributed by atoms with Gasteiger partial charge in [0, 0.05) is 18.5 Å². The Hall–Kier alpha value is -3.23. The molecule has 27 heavy (non-hydrogen) atoms. The lowest BCUT2D eigenvalue weighted by Crippen LogP contribution is -2.26. The van der Waals surface area contributed by atoms with Gasteiger partial charge in [-0.15, -0.1) is 0 Å². The van der Waals surface area contributed by atoms with Crippen molar-refractivity contribution in [3.63, 3.8) is 0 Å². The second-order valence-electron chi connectivity index (χ2n) is 5.81. The topological polar surface area (TPSA) is 123 Å². The van der Waals surface area contributed by atoms with E-state index in [4.69, 9.17) is 18.7 Å². The Labute approximate surface area is 156 Å². The highest BCUT2D eigenvalue weighted by atomic mass is 16.5. The molecular weight excluding hydrogens is 356 g/mol. The molecule has 1 amide bonds. The molecule has 146 valence electrons. The maximum absolute atomic E-state index is 12.3. The van der Waals surface area contributed by atoms with Crippen LogP contribution >= 0.6 is 0 Å². The largest absolute Gasteiger partial charge is 0.550 e. The number of carbonyl (C=O) groups is 2. The summed E-state index contributed by atoms with van der Waals surface area (Å²) in [4.78, 5) is 23.5. The minimum Gasteiger partial charge on any atom is -0.550 e. The number of hydrogen-bond acceptors (Lipinski definition) is 8. The van der Waals surface area contributed by atoms with Gasteiger partial charge >= 0.3 is 0 Å². The molecule has 0 fully saturated rings. The smallest absolute Gasteiger partial charge is 0.226 e. The summed E-state index contributed by atoms with van der Waals surface area (Å²) in [5, 5.41) is 17.5. The number of carbonyl (C=O) groups excluding carboxylic acids is 2. The Morgan fingerprint density at radius 2 is 1.74 bits per heavy atom. The zero-order valence-electron chi connectivity index (χ0n) is 15.5. The van der Waals surface area contributed by atoms with Crippen molar-refractivity contribution in [2.75, 3.05) is 26.6 Å². The summed E-state index contributed by atoms with van der Waals surface area (Å²) >= 11 is 0. The summed E-state index contributed by atoms with van der Waals surface area (Å²) in [5.74, 6) is -0.460. The molecular formula is C18H21N2O7-. The lowest BCUT2D eigenvalue weighted by atomic mass is 9.91. The van der Waals surface area contributed by atoms with Crippen molar-refractivity contribution in [2.45, 2.75) is 25.7 Å². The minimum absolute atomic E-state index is 0.113. The first-order valence-electron chi connectivity index (χ1n) is 8.10. The van der Waals surface area contributed by atoms with Crippen LogP contribution in [0.15, 0.2) is 22.7 Å². The fourth-order valence-corrected chi connectivity index (χ4v) is 2.69. The van der Waals surface area contributed by atoms with Gasteiger partial charge in [0.2, 0.25) is 11.7 Å². The van der Waals surface area contributed by atoms with E-state index in [1.165, 1.54) is 21.3 Å². The van der Waals surface area contributed by atoms with Gasteiger partial charge in [-0.3, -0.25) is 4.79 Å². The van der Waals surface area contributed by atoms with Crippen LogP contribution in [0, 0.1) is 6.92 Å². The number of ether oxygens (including phenoxy) is 3. The first kappa shape index (κ1) is 20.1. The van der Waals surface area contributed by atoms with Crippen LogP contribution in [0.2, 0.25) is 0 Å². The number of aromatic nitrogens is 1. The van der Waals surface area contributed by atoms with E-state index in [0.29, 0.717) is 28.6 Å². The number of aryl methyl sites for hydroxylation is 1. The molecule has 9 heteroatoms. The van der Waals surface area contributed by atoms with Crippen molar-refractivity contribution in [3.05, 3.63) is 29.5 Å². The third kappa shape index (κ3) is 5.13. The Morgan fingerprint density at radius 3 is 2.19 bits per heavy atom. The summed E-state index contributed by atoms with van der Waals surface area (Å²) in [5.41, 5.74) is 0.542. The number of nitrogens with zero attached hydrogens (tertiary/aromatic N) is 1. The molecule has 2 aromatic rings. The van der Waals surface area contributed by atoms with E-state index in [0.717, 1.165) is 0 Å². The van der Waals surface area contributed by atoms with Gasteiger partial charge in [-0.05, 0) is 37.0 Å². The monoisotopic (exact) mass is 377 g/mol. The van der Waals surface area contributed by atoms with E-state index in [2.05, 4.69) is 10.5 Å². The average Bonchev–Trinajstić information content (AvgIpc) is 3.03. The zero-order valence-corrected chi connectivity index (χ0v) is 15.5. The van der Waals surface area contributed by atoms with Gasteiger partial charge in [0.15, 0.2) is 17.3 Å². The number of methoxy groups -OCH3 is 3. The molecule has 0 radical (unpaired) electrons. The maximum atomic E-state index is 12.3. The van der Waals surface area contributed by atoms with Gasteiger partial charge in [0.25, 0.3) is 0 Å². The molecule has 1 N–H and O–H groups in total. The van der Waals surface area contributed by atoms with Crippen LogP contribution in [0.4, 0.5) is 5.82 Å². The highest BCUT2D eigenvalue weighted by Crippen LogP contribution is 2.41. The first-order chi connectivity index (χ1) is 12.9. The van der Waals surface area contributed by atoms with E-state index in [1.54, 1.807) is 25.1 Å². The van der Waals surface area contributed by atoms with Gasteiger partial charge in [0.1, 0.15) is 5.76 Å². The Morgan fingerprint density at radius 1 is 1.11 bits per heavy atom. The molecule has 1 atom stereocenters. The third-order valence-electron chi connectivity index (χ3n) is 3.90. The van der Waals surface area contributed by atoms with Gasteiger partial charge < -0.3 is 34.0 Å². The SMILES string of the molecule is COc1cc([C@H](CC(=O)[O-])CC(=O)Nc2cc(C)on2)cc(OC)c1OC. The van der Waals surface area contributed by atoms with Crippen molar-refractivity contribution < 1.29 is 33.4 Å². The van der Waals surface area contributed by atoms with E-state index >= 15 is 0 Å². The molecule has 1 aromatic carbocycles. The summed E-state index contributed by atoms with van der Waals surface area (Å²) in [6, 6.07) is 4.79. The second-order valence-corrected chi connectivity index (χ2v) is 5.81. The molecule has 0 bridgehead atoms. The zero-order chi connectivity index (χ0) is 20.0. The highest BCUT2D eigenvalue weighted by Gasteiger charge is 2.22. The summed E-state index contributed by atoms with van der Waals surface area (Å²) in [7, 11) is 4.37. The number of amides is 1. The summed E-state index contributed by atoms with van der Waals surface area (Å²) < 4.78 is 20.7. The van der Waals surface area contributed by atoms with Crippen LogP contribution in [0.3, 0.4) is 0 Å². The lowest BCUT2D eigenvalue weighted by Gasteiger charge is -2.20. The number of carboxylic acids is 1. The molecule has 0 spiro atoms. The third-order valence-corrected chi connectivity index (χ3v) is 3.90.